The molecule has 1 aliphatic carbocycles. The van der Waals surface area contributed by atoms with Crippen LogP contribution in [0.3, 0.4) is 0 Å². The van der Waals surface area contributed by atoms with E-state index in [0.29, 0.717) is 28.0 Å². The molecule has 0 radical (unpaired) electrons. The number of allylic oxidation sites excluding steroid dienone is 3. The third kappa shape index (κ3) is 3.45. The zero-order valence-electron chi connectivity index (χ0n) is 26.1. The molecule has 6 nitrogen and oxygen atoms in total. The summed E-state index contributed by atoms with van der Waals surface area (Å²) in [4.78, 5) is 5.80. The monoisotopic (exact) mass is 607 g/mol. The lowest BCUT2D eigenvalue weighted by atomic mass is 9.73. The van der Waals surface area contributed by atoms with E-state index < -0.39 is 0 Å². The highest BCUT2D eigenvalue weighted by Gasteiger charge is 2.35. The number of fused-ring (bicyclic) bond motifs is 2. The number of hydrogen-bond acceptors (Lipinski definition) is 4. The van der Waals surface area contributed by atoms with Gasteiger partial charge in [-0.2, -0.15) is 0 Å². The zero-order chi connectivity index (χ0) is 32.1. The molecule has 224 valence electrons. The molecule has 0 fully saturated rings. The van der Waals surface area contributed by atoms with Gasteiger partial charge in [0.1, 0.15) is 13.1 Å². The summed E-state index contributed by atoms with van der Waals surface area (Å²) < 4.78 is 2.49. The number of anilines is 2. The van der Waals surface area contributed by atoms with Gasteiger partial charge in [0.2, 0.25) is 5.36 Å². The lowest BCUT2D eigenvalue weighted by Gasteiger charge is -2.38. The van der Waals surface area contributed by atoms with Crippen LogP contribution >= 0.6 is 0 Å². The summed E-state index contributed by atoms with van der Waals surface area (Å²) in [5.74, 6) is -0.166. The first kappa shape index (κ1) is 27.2. The number of benzene rings is 6. The maximum absolute atomic E-state index is 15.0. The summed E-state index contributed by atoms with van der Waals surface area (Å²) in [5.41, 5.74) is 12.7. The number of rotatable bonds is 2. The molecule has 0 saturated carbocycles. The van der Waals surface area contributed by atoms with Crippen LogP contribution in [-0.2, 0) is 12.8 Å². The molecular formula is C41H29N5O. The van der Waals surface area contributed by atoms with Crippen molar-refractivity contribution in [1.29, 1.82) is 5.26 Å². The largest absolute Gasteiger partial charge is 0.872 e. The minimum Gasteiger partial charge on any atom is -0.872 e. The van der Waals surface area contributed by atoms with Crippen LogP contribution in [-0.4, -0.2) is 27.2 Å². The molecule has 0 spiro atoms. The summed E-state index contributed by atoms with van der Waals surface area (Å²) in [6, 6.07) is 28.7. The molecule has 0 bridgehead atoms. The fourth-order valence-corrected chi connectivity index (χ4v) is 8.54. The third-order valence-corrected chi connectivity index (χ3v) is 10.3. The number of nitrogen functional groups attached to an aromatic ring is 1. The highest BCUT2D eigenvalue weighted by atomic mass is 16.3. The lowest BCUT2D eigenvalue weighted by molar-refractivity contribution is -0.292. The van der Waals surface area contributed by atoms with Crippen LogP contribution in [0.4, 0.5) is 11.4 Å². The van der Waals surface area contributed by atoms with Gasteiger partial charge in [-0.3, -0.25) is 0 Å². The van der Waals surface area contributed by atoms with E-state index >= 15 is 5.11 Å². The Kier molecular flexibility index (Phi) is 5.61. The first-order valence-electron chi connectivity index (χ1n) is 15.9. The van der Waals surface area contributed by atoms with Crippen molar-refractivity contribution in [1.82, 2.24) is 4.58 Å². The molecule has 3 aliphatic rings. The van der Waals surface area contributed by atoms with Crippen molar-refractivity contribution in [2.45, 2.75) is 12.8 Å². The number of nitriles is 1. The van der Waals surface area contributed by atoms with Crippen LogP contribution in [0.1, 0.15) is 16.7 Å². The Bertz CT molecular complexity index is 2660. The molecule has 0 unspecified atom stereocenters. The number of nitrogens with zero attached hydrogens (tertiary/aromatic N) is 4. The van der Waals surface area contributed by atoms with Gasteiger partial charge < -0.3 is 15.7 Å². The van der Waals surface area contributed by atoms with E-state index in [9.17, 15) is 5.26 Å². The number of nitrogens with two attached hydrogens (primary N) is 1. The molecule has 6 aromatic carbocycles. The van der Waals surface area contributed by atoms with Gasteiger partial charge in [-0.15, -0.1) is 0 Å². The van der Waals surface area contributed by atoms with Gasteiger partial charge in [0.05, 0.1) is 29.1 Å². The predicted octanol–water partition coefficient (Wildman–Crippen LogP) is 5.18. The normalized spacial score (nSPS) is 16.2. The van der Waals surface area contributed by atoms with Crippen LogP contribution in [0, 0.1) is 17.9 Å². The van der Waals surface area contributed by atoms with Crippen LogP contribution < -0.4 is 30.9 Å². The van der Waals surface area contributed by atoms with E-state index in [1.165, 1.54) is 27.3 Å². The Morgan fingerprint density at radius 3 is 2.02 bits per heavy atom. The third-order valence-electron chi connectivity index (χ3n) is 10.3. The summed E-state index contributed by atoms with van der Waals surface area (Å²) in [5, 5.41) is 35.4. The molecule has 0 amide bonds. The summed E-state index contributed by atoms with van der Waals surface area (Å²) in [6.45, 7) is 10.1. The van der Waals surface area contributed by atoms with Gasteiger partial charge in [0.25, 0.3) is 5.70 Å². The van der Waals surface area contributed by atoms with Gasteiger partial charge in [0, 0.05) is 54.4 Å². The van der Waals surface area contributed by atoms with Crippen molar-refractivity contribution in [2.24, 2.45) is 0 Å². The highest BCUT2D eigenvalue weighted by molar-refractivity contribution is 6.27. The smallest absolute Gasteiger partial charge is 0.270 e. The van der Waals surface area contributed by atoms with Crippen molar-refractivity contribution in [2.75, 3.05) is 37.8 Å². The zero-order valence-corrected chi connectivity index (χ0v) is 26.1. The second kappa shape index (κ2) is 9.69. The molecule has 0 saturated heterocycles. The van der Waals surface area contributed by atoms with E-state index in [1.807, 2.05) is 50.5 Å². The van der Waals surface area contributed by atoms with E-state index in [0.717, 1.165) is 69.2 Å². The summed E-state index contributed by atoms with van der Waals surface area (Å²) in [6.07, 6.45) is 1.86. The maximum Gasteiger partial charge on any atom is 0.270 e. The molecular weight excluding hydrogens is 578 g/mol. The average Bonchev–Trinajstić information content (AvgIpc) is 3.09. The van der Waals surface area contributed by atoms with Crippen molar-refractivity contribution in [3.63, 3.8) is 0 Å². The van der Waals surface area contributed by atoms with Gasteiger partial charge in [-0.1, -0.05) is 78.6 Å². The summed E-state index contributed by atoms with van der Waals surface area (Å²) in [7, 11) is 4.01. The fraction of sp³-hybridized carbons (Fsp3) is 0.146. The standard InChI is InChI=1S/C41H29N5O/c1-44-30(21-42)36-37(33-26-13-6-9-22-17-19-46-20-18-23-10-7-14-27(33)32(23)40(46)31(22)26)41(47)38(36)35-24-11-4-5-12-25(24)39(45(2)3)28-15-8-16-29(43)34(28)35/h4-16H,17-20,43H2,2-3H3/b36-30+. The predicted molar refractivity (Wildman–Crippen MR) is 189 cm³/mol. The fourth-order valence-electron chi connectivity index (χ4n) is 8.54. The molecule has 47 heavy (non-hydrogen) atoms. The van der Waals surface area contributed by atoms with Crippen LogP contribution in [0.5, 0.6) is 0 Å². The van der Waals surface area contributed by atoms with Gasteiger partial charge in [-0.25, -0.2) is 14.7 Å². The molecule has 0 aromatic heterocycles. The minimum atomic E-state index is -0.166. The van der Waals surface area contributed by atoms with Crippen molar-refractivity contribution >= 4 is 65.6 Å². The van der Waals surface area contributed by atoms with Gasteiger partial charge in [-0.05, 0) is 55.3 Å². The minimum absolute atomic E-state index is 0.0866. The summed E-state index contributed by atoms with van der Waals surface area (Å²) >= 11 is 0. The Balaban J connectivity index is 1.55. The second-order valence-electron chi connectivity index (χ2n) is 12.8. The van der Waals surface area contributed by atoms with Crippen molar-refractivity contribution in [3.8, 4) is 6.07 Å². The molecule has 0 atom stereocenters. The van der Waals surface area contributed by atoms with Crippen molar-refractivity contribution in [3.05, 3.63) is 135 Å². The molecule has 9 rings (SSSR count). The lowest BCUT2D eigenvalue weighted by Crippen LogP contribution is -2.42. The average molecular weight is 608 g/mol. The Morgan fingerprint density at radius 2 is 1.40 bits per heavy atom. The van der Waals surface area contributed by atoms with Crippen LogP contribution in [0.25, 0.3) is 59.1 Å². The first-order chi connectivity index (χ1) is 22.9. The second-order valence-corrected chi connectivity index (χ2v) is 12.8. The first-order valence-corrected chi connectivity index (χ1v) is 15.9. The molecule has 2 heterocycles. The maximum atomic E-state index is 15.0. The topological polar surface area (TPSA) is 83.5 Å². The Hall–Kier alpha value is -6.11. The van der Waals surface area contributed by atoms with E-state index in [4.69, 9.17) is 12.3 Å². The Labute approximate surface area is 271 Å². The highest BCUT2D eigenvalue weighted by Crippen LogP contribution is 2.53. The Morgan fingerprint density at radius 1 is 0.809 bits per heavy atom. The molecule has 6 aromatic rings. The molecule has 2 N–H and O–H groups in total. The quantitative estimate of drug-likeness (QED) is 0.0967. The molecule has 2 aliphatic heterocycles. The van der Waals surface area contributed by atoms with E-state index in [2.05, 4.69) is 62.9 Å². The van der Waals surface area contributed by atoms with E-state index in [1.54, 1.807) is 0 Å². The van der Waals surface area contributed by atoms with Gasteiger partial charge in [0.15, 0.2) is 0 Å². The molecule has 6 heteroatoms. The number of hydrogen-bond donors (Lipinski definition) is 1. The van der Waals surface area contributed by atoms with E-state index in [-0.39, 0.29) is 11.5 Å². The SMILES string of the molecule is [C-]#[N+]/C(C#N)=C1/C(c2c3ccccc3c(N(C)C)c3cccc(N)c23)=C([O-])C1=c1c2cccc3c2c2c4c(cccc14)CC[N+]=2CC3. The van der Waals surface area contributed by atoms with Gasteiger partial charge >= 0.3 is 0 Å². The van der Waals surface area contributed by atoms with Crippen molar-refractivity contribution < 1.29 is 5.11 Å². The van der Waals surface area contributed by atoms with Crippen LogP contribution in [0.15, 0.2) is 95.9 Å². The van der Waals surface area contributed by atoms with Crippen LogP contribution in [0.2, 0.25) is 0 Å².